The first-order chi connectivity index (χ1) is 11.3. The van der Waals surface area contributed by atoms with Gasteiger partial charge in [-0.15, -0.1) is 0 Å². The van der Waals surface area contributed by atoms with Crippen molar-refractivity contribution in [1.29, 1.82) is 0 Å². The molecule has 0 fully saturated rings. The van der Waals surface area contributed by atoms with Crippen molar-refractivity contribution in [1.82, 2.24) is 4.90 Å². The van der Waals surface area contributed by atoms with E-state index < -0.39 is 18.0 Å². The van der Waals surface area contributed by atoms with Crippen molar-refractivity contribution in [3.63, 3.8) is 0 Å². The van der Waals surface area contributed by atoms with Crippen LogP contribution in [0.1, 0.15) is 65.3 Å². The second kappa shape index (κ2) is 7.53. The number of aliphatic hydroxyl groups excluding tert-OH is 1. The van der Waals surface area contributed by atoms with Gasteiger partial charge in [0.2, 0.25) is 0 Å². The summed E-state index contributed by atoms with van der Waals surface area (Å²) < 4.78 is 0. The molecule has 1 heterocycles. The van der Waals surface area contributed by atoms with Crippen LogP contribution in [0.5, 0.6) is 0 Å². The molecule has 1 aliphatic heterocycles. The Morgan fingerprint density at radius 1 is 1.17 bits per heavy atom. The number of unbranched alkanes of at least 4 members (excludes halogenated alkanes) is 2. The van der Waals surface area contributed by atoms with E-state index in [-0.39, 0.29) is 5.78 Å². The number of aliphatic hydroxyl groups is 1. The summed E-state index contributed by atoms with van der Waals surface area (Å²) in [6.07, 6.45) is 1.72. The molecule has 0 radical (unpaired) electrons. The van der Waals surface area contributed by atoms with Crippen LogP contribution in [0.25, 0.3) is 0 Å². The maximum absolute atomic E-state index is 12.3. The highest BCUT2D eigenvalue weighted by molar-refractivity contribution is 6.21. The lowest BCUT2D eigenvalue weighted by Crippen LogP contribution is -2.39. The molecule has 5 nitrogen and oxygen atoms in total. The Balaban J connectivity index is 1.87. The van der Waals surface area contributed by atoms with Gasteiger partial charge >= 0.3 is 0 Å². The summed E-state index contributed by atoms with van der Waals surface area (Å²) in [5.74, 6) is -0.838. The number of benzene rings is 1. The third kappa shape index (κ3) is 3.79. The van der Waals surface area contributed by atoms with E-state index in [1.807, 2.05) is 6.92 Å². The molecule has 2 amide bonds. The van der Waals surface area contributed by atoms with Crippen molar-refractivity contribution in [3.05, 3.63) is 47.0 Å². The molecular weight excluding hydrogens is 306 g/mol. The van der Waals surface area contributed by atoms with Gasteiger partial charge in [-0.05, 0) is 50.8 Å². The van der Waals surface area contributed by atoms with Gasteiger partial charge in [0.05, 0.1) is 11.1 Å². The maximum Gasteiger partial charge on any atom is 0.263 e. The first-order valence-corrected chi connectivity index (χ1v) is 8.18. The molecule has 24 heavy (non-hydrogen) atoms. The molecule has 0 bridgehead atoms. The summed E-state index contributed by atoms with van der Waals surface area (Å²) in [4.78, 5) is 37.0. The van der Waals surface area contributed by atoms with Crippen LogP contribution in [0.15, 0.2) is 30.4 Å². The number of hydrogen-bond donors (Lipinski definition) is 1. The predicted molar refractivity (Wildman–Crippen MR) is 90.6 cm³/mol. The molecule has 0 saturated heterocycles. The predicted octanol–water partition coefficient (Wildman–Crippen LogP) is 3.01. The number of carbonyl (C=O) groups is 3. The lowest BCUT2D eigenvalue weighted by Gasteiger charge is -2.21. The average molecular weight is 329 g/mol. The molecule has 1 atom stereocenters. The summed E-state index contributed by atoms with van der Waals surface area (Å²) in [6, 6.07) is 5.07. The van der Waals surface area contributed by atoms with Crippen LogP contribution in [0.2, 0.25) is 0 Å². The smallest absolute Gasteiger partial charge is 0.263 e. The van der Waals surface area contributed by atoms with Gasteiger partial charge in [-0.3, -0.25) is 14.4 Å². The molecular formula is C19H23NO4. The third-order valence-electron chi connectivity index (χ3n) is 4.21. The highest BCUT2D eigenvalue weighted by Crippen LogP contribution is 2.26. The third-order valence-corrected chi connectivity index (χ3v) is 4.21. The second-order valence-corrected chi connectivity index (χ2v) is 6.31. The molecule has 1 aliphatic rings. The van der Waals surface area contributed by atoms with Crippen LogP contribution in [0.4, 0.5) is 0 Å². The number of hydrogen-bond acceptors (Lipinski definition) is 4. The molecule has 0 aromatic heterocycles. The fourth-order valence-corrected chi connectivity index (χ4v) is 2.78. The first kappa shape index (κ1) is 18.1. The Morgan fingerprint density at radius 3 is 2.50 bits per heavy atom. The molecule has 1 aromatic rings. The average Bonchev–Trinajstić information content (AvgIpc) is 2.77. The van der Waals surface area contributed by atoms with Crippen LogP contribution < -0.4 is 0 Å². The largest absolute Gasteiger partial charge is 0.373 e. The Morgan fingerprint density at radius 2 is 1.83 bits per heavy atom. The zero-order valence-corrected chi connectivity index (χ0v) is 14.2. The molecule has 1 aromatic carbocycles. The molecule has 128 valence electrons. The quantitative estimate of drug-likeness (QED) is 0.452. The number of Topliss-reactive ketones (excluding diaryl/α,β-unsaturated/α-hetero) is 1. The van der Waals surface area contributed by atoms with Gasteiger partial charge in [0.1, 0.15) is 6.23 Å². The number of rotatable bonds is 8. The van der Waals surface area contributed by atoms with Crippen LogP contribution in [0.3, 0.4) is 0 Å². The Bertz CT molecular complexity index is 693. The zero-order valence-electron chi connectivity index (χ0n) is 14.2. The molecule has 2 rings (SSSR count). The number of nitrogens with zero attached hydrogens (tertiary/aromatic N) is 1. The fourth-order valence-electron chi connectivity index (χ4n) is 2.78. The minimum Gasteiger partial charge on any atom is -0.373 e. The standard InChI is InChI=1S/C19H23NO4/c1-12(2)16(21)7-5-4-6-8-17(22)20-18(23)14-10-9-13(3)11-15(14)19(20)24/h9-11,17,22H,1,4-8H2,2-3H3. The fraction of sp³-hybridized carbons (Fsp3) is 0.421. The number of ketones is 1. The van der Waals surface area contributed by atoms with E-state index in [4.69, 9.17) is 0 Å². The van der Waals surface area contributed by atoms with Crippen LogP contribution >= 0.6 is 0 Å². The number of amides is 2. The van der Waals surface area contributed by atoms with E-state index in [1.165, 1.54) is 0 Å². The summed E-state index contributed by atoms with van der Waals surface area (Å²) in [5.41, 5.74) is 2.15. The summed E-state index contributed by atoms with van der Waals surface area (Å²) in [5, 5.41) is 10.2. The molecule has 1 N–H and O–H groups in total. The van der Waals surface area contributed by atoms with Gasteiger partial charge in [-0.1, -0.05) is 24.6 Å². The molecule has 0 aliphatic carbocycles. The molecule has 5 heteroatoms. The minimum absolute atomic E-state index is 0.0475. The van der Waals surface area contributed by atoms with Crippen molar-refractivity contribution in [2.24, 2.45) is 0 Å². The highest BCUT2D eigenvalue weighted by Gasteiger charge is 2.39. The first-order valence-electron chi connectivity index (χ1n) is 8.18. The van der Waals surface area contributed by atoms with E-state index in [9.17, 15) is 19.5 Å². The van der Waals surface area contributed by atoms with Crippen molar-refractivity contribution in [2.75, 3.05) is 0 Å². The van der Waals surface area contributed by atoms with E-state index in [0.29, 0.717) is 42.4 Å². The van der Waals surface area contributed by atoms with E-state index >= 15 is 0 Å². The Hall–Kier alpha value is -2.27. The van der Waals surface area contributed by atoms with Crippen molar-refractivity contribution >= 4 is 17.6 Å². The van der Waals surface area contributed by atoms with E-state index in [2.05, 4.69) is 6.58 Å². The Labute approximate surface area is 142 Å². The summed E-state index contributed by atoms with van der Waals surface area (Å²) >= 11 is 0. The van der Waals surface area contributed by atoms with Crippen molar-refractivity contribution in [2.45, 2.75) is 52.2 Å². The minimum atomic E-state index is -1.13. The Kier molecular flexibility index (Phi) is 5.67. The number of allylic oxidation sites excluding steroid dienone is 1. The molecule has 1 unspecified atom stereocenters. The van der Waals surface area contributed by atoms with Crippen molar-refractivity contribution in [3.8, 4) is 0 Å². The van der Waals surface area contributed by atoms with Gasteiger partial charge in [0.15, 0.2) is 5.78 Å². The normalized spacial score (nSPS) is 14.7. The number of fused-ring (bicyclic) bond motifs is 1. The maximum atomic E-state index is 12.3. The van der Waals surface area contributed by atoms with Gasteiger partial charge in [0, 0.05) is 6.42 Å². The highest BCUT2D eigenvalue weighted by atomic mass is 16.3. The molecule has 0 saturated carbocycles. The lowest BCUT2D eigenvalue weighted by atomic mass is 10.1. The van der Waals surface area contributed by atoms with E-state index in [1.54, 1.807) is 25.1 Å². The van der Waals surface area contributed by atoms with Gasteiger partial charge in [-0.2, -0.15) is 0 Å². The van der Waals surface area contributed by atoms with Crippen molar-refractivity contribution < 1.29 is 19.5 Å². The topological polar surface area (TPSA) is 74.7 Å². The molecule has 0 spiro atoms. The van der Waals surface area contributed by atoms with Gasteiger partial charge < -0.3 is 5.11 Å². The number of imide groups is 1. The van der Waals surface area contributed by atoms with Crippen LogP contribution in [-0.2, 0) is 4.79 Å². The van der Waals surface area contributed by atoms with Gasteiger partial charge in [-0.25, -0.2) is 4.90 Å². The van der Waals surface area contributed by atoms with Crippen LogP contribution in [0, 0.1) is 6.92 Å². The monoisotopic (exact) mass is 329 g/mol. The second-order valence-electron chi connectivity index (χ2n) is 6.31. The summed E-state index contributed by atoms with van der Waals surface area (Å²) in [7, 11) is 0. The summed E-state index contributed by atoms with van der Waals surface area (Å²) in [6.45, 7) is 7.15. The van der Waals surface area contributed by atoms with Crippen LogP contribution in [-0.4, -0.2) is 33.8 Å². The SMILES string of the molecule is C=C(C)C(=O)CCCCCC(O)N1C(=O)c2ccc(C)cc2C1=O. The zero-order chi connectivity index (χ0) is 17.9. The lowest BCUT2D eigenvalue weighted by molar-refractivity contribution is -0.115. The van der Waals surface area contributed by atoms with Gasteiger partial charge in [0.25, 0.3) is 11.8 Å². The number of carbonyl (C=O) groups excluding carboxylic acids is 3. The number of aryl methyl sites for hydroxylation is 1. The van der Waals surface area contributed by atoms with E-state index in [0.717, 1.165) is 16.9 Å².